The first-order chi connectivity index (χ1) is 5.72. The Hall–Kier alpha value is -0.540. The van der Waals surface area contributed by atoms with Gasteiger partial charge in [-0.3, -0.25) is 4.79 Å². The molecule has 4 heteroatoms. The predicted molar refractivity (Wildman–Crippen MR) is 49.0 cm³/mol. The van der Waals surface area contributed by atoms with Crippen LogP contribution in [0.2, 0.25) is 0 Å². The predicted octanol–water partition coefficient (Wildman–Crippen LogP) is 0.607. The fourth-order valence-corrected chi connectivity index (χ4v) is 1.17. The van der Waals surface area contributed by atoms with Gasteiger partial charge < -0.3 is 10.6 Å². The van der Waals surface area contributed by atoms with Crippen molar-refractivity contribution in [2.45, 2.75) is 19.4 Å². The lowest BCUT2D eigenvalue weighted by molar-refractivity contribution is -0.119. The van der Waals surface area contributed by atoms with E-state index in [9.17, 15) is 4.79 Å². The minimum atomic E-state index is 0.125. The first kappa shape index (κ1) is 9.55. The highest BCUT2D eigenvalue weighted by molar-refractivity contribution is 6.25. The van der Waals surface area contributed by atoms with E-state index in [1.54, 1.807) is 5.54 Å². The first-order valence-electron chi connectivity index (χ1n) is 3.98. The molecule has 1 heterocycles. The number of carbonyl (C=O) groups excluding carboxylic acids is 1. The van der Waals surface area contributed by atoms with Gasteiger partial charge in [-0.15, -0.1) is 0 Å². The van der Waals surface area contributed by atoms with E-state index >= 15 is 0 Å². The fraction of sp³-hybridized carbons (Fsp3) is 0.625. The van der Waals surface area contributed by atoms with E-state index in [0.717, 1.165) is 18.7 Å². The van der Waals surface area contributed by atoms with Gasteiger partial charge in [0.15, 0.2) is 0 Å². The normalized spacial score (nSPS) is 24.3. The van der Waals surface area contributed by atoms with E-state index in [0.29, 0.717) is 6.42 Å². The average molecular weight is 189 g/mol. The van der Waals surface area contributed by atoms with Gasteiger partial charge in [0.2, 0.25) is 5.91 Å². The summed E-state index contributed by atoms with van der Waals surface area (Å²) in [5, 5.41) is 5.98. The molecule has 3 nitrogen and oxygen atoms in total. The van der Waals surface area contributed by atoms with Crippen LogP contribution < -0.4 is 10.6 Å². The summed E-state index contributed by atoms with van der Waals surface area (Å²) in [4.78, 5) is 10.8. The Labute approximate surface area is 77.2 Å². The van der Waals surface area contributed by atoms with E-state index in [2.05, 4.69) is 10.6 Å². The summed E-state index contributed by atoms with van der Waals surface area (Å²) in [6, 6.07) is 0.268. The van der Waals surface area contributed by atoms with Gasteiger partial charge in [0, 0.05) is 31.1 Å². The SMILES string of the molecule is CC(=CCl)CNC1CNC(=O)C1. The van der Waals surface area contributed by atoms with Gasteiger partial charge in [0.05, 0.1) is 0 Å². The first-order valence-corrected chi connectivity index (χ1v) is 4.42. The summed E-state index contributed by atoms with van der Waals surface area (Å²) in [5.74, 6) is 0.125. The van der Waals surface area contributed by atoms with Crippen molar-refractivity contribution in [3.05, 3.63) is 11.1 Å². The lowest BCUT2D eigenvalue weighted by Gasteiger charge is -2.09. The van der Waals surface area contributed by atoms with E-state index in [4.69, 9.17) is 11.6 Å². The minimum Gasteiger partial charge on any atom is -0.354 e. The number of rotatable bonds is 3. The molecule has 0 radical (unpaired) electrons. The van der Waals surface area contributed by atoms with Crippen LogP contribution in [0, 0.1) is 0 Å². The van der Waals surface area contributed by atoms with Crippen LogP contribution in [-0.2, 0) is 4.79 Å². The molecule has 1 rings (SSSR count). The molecule has 0 saturated carbocycles. The molecule has 0 aliphatic carbocycles. The molecule has 0 aromatic carbocycles. The zero-order chi connectivity index (χ0) is 8.97. The van der Waals surface area contributed by atoms with E-state index in [1.807, 2.05) is 6.92 Å². The van der Waals surface area contributed by atoms with Crippen molar-refractivity contribution in [2.75, 3.05) is 13.1 Å². The molecular formula is C8H13ClN2O. The molecule has 1 aliphatic rings. The molecule has 12 heavy (non-hydrogen) atoms. The summed E-state index contributed by atoms with van der Waals surface area (Å²) in [6.45, 7) is 3.43. The molecule has 1 aliphatic heterocycles. The molecule has 0 bridgehead atoms. The molecular weight excluding hydrogens is 176 g/mol. The third kappa shape index (κ3) is 2.83. The molecule has 0 spiro atoms. The van der Waals surface area contributed by atoms with Gasteiger partial charge in [-0.25, -0.2) is 0 Å². The quantitative estimate of drug-likeness (QED) is 0.682. The molecule has 2 N–H and O–H groups in total. The number of nitrogens with one attached hydrogen (secondary N) is 2. The van der Waals surface area contributed by atoms with Crippen molar-refractivity contribution in [1.82, 2.24) is 10.6 Å². The summed E-state index contributed by atoms with van der Waals surface area (Å²) < 4.78 is 0. The van der Waals surface area contributed by atoms with Crippen LogP contribution >= 0.6 is 11.6 Å². The van der Waals surface area contributed by atoms with Gasteiger partial charge >= 0.3 is 0 Å². The highest BCUT2D eigenvalue weighted by atomic mass is 35.5. The van der Waals surface area contributed by atoms with E-state index in [1.165, 1.54) is 0 Å². The maximum Gasteiger partial charge on any atom is 0.221 e. The van der Waals surface area contributed by atoms with Crippen LogP contribution in [0.5, 0.6) is 0 Å². The second-order valence-corrected chi connectivity index (χ2v) is 3.26. The van der Waals surface area contributed by atoms with Crippen LogP contribution in [0.1, 0.15) is 13.3 Å². The molecule has 68 valence electrons. The van der Waals surface area contributed by atoms with Crippen molar-refractivity contribution in [1.29, 1.82) is 0 Å². The second kappa shape index (κ2) is 4.48. The summed E-state index contributed by atoms with van der Waals surface area (Å²) in [5.41, 5.74) is 2.63. The monoisotopic (exact) mass is 188 g/mol. The third-order valence-electron chi connectivity index (χ3n) is 1.83. The number of hydrogen-bond donors (Lipinski definition) is 2. The Bertz CT molecular complexity index is 203. The maximum atomic E-state index is 10.8. The number of carbonyl (C=O) groups is 1. The maximum absolute atomic E-state index is 10.8. The largest absolute Gasteiger partial charge is 0.354 e. The van der Waals surface area contributed by atoms with Crippen molar-refractivity contribution >= 4 is 17.5 Å². The molecule has 1 unspecified atom stereocenters. The lowest BCUT2D eigenvalue weighted by atomic mass is 10.2. The lowest BCUT2D eigenvalue weighted by Crippen LogP contribution is -2.32. The summed E-state index contributed by atoms with van der Waals surface area (Å²) in [6.07, 6.45) is 0.579. The molecule has 1 saturated heterocycles. The van der Waals surface area contributed by atoms with Gasteiger partial charge in [-0.05, 0) is 12.5 Å². The summed E-state index contributed by atoms with van der Waals surface area (Å²) in [7, 11) is 0. The second-order valence-electron chi connectivity index (χ2n) is 3.04. The standard InChI is InChI=1S/C8H13ClN2O/c1-6(3-9)4-10-7-2-8(12)11-5-7/h3,7,10H,2,4-5H2,1H3,(H,11,12). The summed E-state index contributed by atoms with van der Waals surface area (Å²) >= 11 is 5.48. The van der Waals surface area contributed by atoms with Crippen LogP contribution in [0.3, 0.4) is 0 Å². The van der Waals surface area contributed by atoms with Gasteiger partial charge in [-0.2, -0.15) is 0 Å². The number of amides is 1. The molecule has 0 aromatic heterocycles. The van der Waals surface area contributed by atoms with Crippen LogP contribution in [0.4, 0.5) is 0 Å². The zero-order valence-corrected chi connectivity index (χ0v) is 7.82. The Kier molecular flexibility index (Phi) is 3.56. The topological polar surface area (TPSA) is 41.1 Å². The fourth-order valence-electron chi connectivity index (χ4n) is 1.09. The van der Waals surface area contributed by atoms with Crippen LogP contribution in [0.25, 0.3) is 0 Å². The average Bonchev–Trinajstić information content (AvgIpc) is 2.47. The van der Waals surface area contributed by atoms with E-state index in [-0.39, 0.29) is 11.9 Å². The van der Waals surface area contributed by atoms with E-state index < -0.39 is 0 Å². The Morgan fingerprint density at radius 3 is 3.17 bits per heavy atom. The Morgan fingerprint density at radius 2 is 2.67 bits per heavy atom. The molecule has 1 amide bonds. The van der Waals surface area contributed by atoms with Crippen LogP contribution in [0.15, 0.2) is 11.1 Å². The van der Waals surface area contributed by atoms with Gasteiger partial charge in [-0.1, -0.05) is 11.6 Å². The zero-order valence-electron chi connectivity index (χ0n) is 7.06. The van der Waals surface area contributed by atoms with Crippen molar-refractivity contribution in [2.24, 2.45) is 0 Å². The minimum absolute atomic E-state index is 0.125. The molecule has 1 fully saturated rings. The highest BCUT2D eigenvalue weighted by Crippen LogP contribution is 2.00. The van der Waals surface area contributed by atoms with Crippen molar-refractivity contribution in [3.8, 4) is 0 Å². The molecule has 1 atom stereocenters. The number of hydrogen-bond acceptors (Lipinski definition) is 2. The highest BCUT2D eigenvalue weighted by Gasteiger charge is 2.20. The van der Waals surface area contributed by atoms with Crippen molar-refractivity contribution < 1.29 is 4.79 Å². The smallest absolute Gasteiger partial charge is 0.221 e. The van der Waals surface area contributed by atoms with Crippen molar-refractivity contribution in [3.63, 3.8) is 0 Å². The Morgan fingerprint density at radius 1 is 1.92 bits per heavy atom. The third-order valence-corrected chi connectivity index (χ3v) is 2.21. The Balaban J connectivity index is 2.20. The van der Waals surface area contributed by atoms with Crippen LogP contribution in [-0.4, -0.2) is 25.0 Å². The molecule has 0 aromatic rings. The number of halogens is 1. The van der Waals surface area contributed by atoms with Gasteiger partial charge in [0.1, 0.15) is 0 Å². The van der Waals surface area contributed by atoms with Gasteiger partial charge in [0.25, 0.3) is 0 Å².